The van der Waals surface area contributed by atoms with Crippen LogP contribution in [0, 0.1) is 10.1 Å². The average molecular weight is 395 g/mol. The summed E-state index contributed by atoms with van der Waals surface area (Å²) in [6, 6.07) is 10.8. The van der Waals surface area contributed by atoms with Gasteiger partial charge in [-0.2, -0.15) is 5.10 Å². The van der Waals surface area contributed by atoms with Crippen LogP contribution in [0.15, 0.2) is 42.5 Å². The van der Waals surface area contributed by atoms with Crippen LogP contribution in [-0.2, 0) is 4.74 Å². The fourth-order valence-corrected chi connectivity index (χ4v) is 3.19. The first-order valence-corrected chi connectivity index (χ1v) is 8.94. The highest BCUT2D eigenvalue weighted by Gasteiger charge is 2.23. The molecule has 10 nitrogen and oxygen atoms in total. The van der Waals surface area contributed by atoms with Gasteiger partial charge in [0.15, 0.2) is 5.69 Å². The number of carbonyl (C=O) groups is 2. The Morgan fingerprint density at radius 1 is 1.17 bits per heavy atom. The Morgan fingerprint density at radius 3 is 2.69 bits per heavy atom. The minimum Gasteiger partial charge on any atom is -0.378 e. The molecule has 0 spiro atoms. The standard InChI is InChI=1S/C19H17N5O5/c25-18(17-14-11-12(24(27)28)5-6-16(14)21-22-17)20-15-4-2-1-3-13(15)19(26)23-7-9-29-10-8-23/h1-6,11H,7-10H2,(H,20,25)(H,21,22). The minimum absolute atomic E-state index is 0.0114. The van der Waals surface area contributed by atoms with Gasteiger partial charge in [-0.15, -0.1) is 0 Å². The van der Waals surface area contributed by atoms with Crippen molar-refractivity contribution in [3.05, 3.63) is 63.8 Å². The summed E-state index contributed by atoms with van der Waals surface area (Å²) < 4.78 is 5.27. The molecule has 0 bridgehead atoms. The maximum Gasteiger partial charge on any atom is 0.276 e. The Balaban J connectivity index is 1.62. The van der Waals surface area contributed by atoms with E-state index in [2.05, 4.69) is 15.5 Å². The second-order valence-corrected chi connectivity index (χ2v) is 6.46. The molecular formula is C19H17N5O5. The monoisotopic (exact) mass is 395 g/mol. The van der Waals surface area contributed by atoms with E-state index < -0.39 is 10.8 Å². The number of hydrogen-bond acceptors (Lipinski definition) is 6. The van der Waals surface area contributed by atoms with E-state index in [9.17, 15) is 19.7 Å². The molecule has 2 aromatic carbocycles. The first-order chi connectivity index (χ1) is 14.0. The van der Waals surface area contributed by atoms with Gasteiger partial charge in [-0.05, 0) is 18.2 Å². The highest BCUT2D eigenvalue weighted by atomic mass is 16.6. The number of amides is 2. The van der Waals surface area contributed by atoms with Crippen molar-refractivity contribution in [2.24, 2.45) is 0 Å². The summed E-state index contributed by atoms with van der Waals surface area (Å²) in [4.78, 5) is 37.8. The zero-order valence-electron chi connectivity index (χ0n) is 15.3. The van der Waals surface area contributed by atoms with Gasteiger partial charge in [0.05, 0.1) is 34.9 Å². The molecule has 2 heterocycles. The predicted molar refractivity (Wildman–Crippen MR) is 104 cm³/mol. The molecule has 0 atom stereocenters. The highest BCUT2D eigenvalue weighted by Crippen LogP contribution is 2.24. The summed E-state index contributed by atoms with van der Waals surface area (Å²) in [6.07, 6.45) is 0. The molecule has 3 aromatic rings. The Labute approximate surface area is 164 Å². The molecule has 0 saturated carbocycles. The smallest absolute Gasteiger partial charge is 0.276 e. The maximum absolute atomic E-state index is 12.8. The molecule has 0 radical (unpaired) electrons. The lowest BCUT2D eigenvalue weighted by Crippen LogP contribution is -2.41. The Morgan fingerprint density at radius 2 is 1.93 bits per heavy atom. The molecule has 0 aliphatic carbocycles. The molecule has 2 amide bonds. The van der Waals surface area contributed by atoms with E-state index in [0.717, 1.165) is 0 Å². The molecule has 10 heteroatoms. The summed E-state index contributed by atoms with van der Waals surface area (Å²) in [5.41, 5.74) is 1.07. The van der Waals surface area contributed by atoms with Crippen LogP contribution in [-0.4, -0.2) is 58.1 Å². The molecule has 0 unspecified atom stereocenters. The average Bonchev–Trinajstić information content (AvgIpc) is 3.17. The molecule has 1 saturated heterocycles. The van der Waals surface area contributed by atoms with Gasteiger partial charge in [-0.25, -0.2) is 0 Å². The first kappa shape index (κ1) is 18.6. The van der Waals surface area contributed by atoms with Gasteiger partial charge < -0.3 is 15.0 Å². The zero-order chi connectivity index (χ0) is 20.4. The van der Waals surface area contributed by atoms with Crippen LogP contribution in [0.1, 0.15) is 20.8 Å². The number of rotatable bonds is 4. The lowest BCUT2D eigenvalue weighted by Gasteiger charge is -2.27. The summed E-state index contributed by atoms with van der Waals surface area (Å²) in [5.74, 6) is -0.773. The molecule has 2 N–H and O–H groups in total. The molecule has 4 rings (SSSR count). The molecule has 1 aromatic heterocycles. The molecule has 1 aliphatic rings. The number of benzene rings is 2. The summed E-state index contributed by atoms with van der Waals surface area (Å²) >= 11 is 0. The Kier molecular flexibility index (Phi) is 4.92. The molecule has 1 aliphatic heterocycles. The van der Waals surface area contributed by atoms with Gasteiger partial charge in [0.1, 0.15) is 0 Å². The molecule has 1 fully saturated rings. The summed E-state index contributed by atoms with van der Waals surface area (Å²) in [7, 11) is 0. The third-order valence-electron chi connectivity index (χ3n) is 4.68. The topological polar surface area (TPSA) is 130 Å². The van der Waals surface area contributed by atoms with Gasteiger partial charge in [-0.3, -0.25) is 24.8 Å². The number of hydrogen-bond donors (Lipinski definition) is 2. The van der Waals surface area contributed by atoms with Crippen molar-refractivity contribution < 1.29 is 19.2 Å². The van der Waals surface area contributed by atoms with E-state index in [1.54, 1.807) is 29.2 Å². The fraction of sp³-hybridized carbons (Fsp3) is 0.211. The van der Waals surface area contributed by atoms with E-state index >= 15 is 0 Å². The third-order valence-corrected chi connectivity index (χ3v) is 4.68. The van der Waals surface area contributed by atoms with Crippen molar-refractivity contribution in [1.29, 1.82) is 0 Å². The predicted octanol–water partition coefficient (Wildman–Crippen LogP) is 2.20. The van der Waals surface area contributed by atoms with Crippen LogP contribution in [0.2, 0.25) is 0 Å². The number of nitro groups is 1. The minimum atomic E-state index is -0.570. The quantitative estimate of drug-likeness (QED) is 0.514. The van der Waals surface area contributed by atoms with Crippen LogP contribution in [0.5, 0.6) is 0 Å². The van der Waals surface area contributed by atoms with E-state index in [-0.39, 0.29) is 17.3 Å². The Bertz CT molecular complexity index is 1100. The number of anilines is 1. The van der Waals surface area contributed by atoms with Crippen LogP contribution in [0.4, 0.5) is 11.4 Å². The number of nitrogens with zero attached hydrogens (tertiary/aromatic N) is 3. The fourth-order valence-electron chi connectivity index (χ4n) is 3.19. The largest absolute Gasteiger partial charge is 0.378 e. The SMILES string of the molecule is O=C(Nc1ccccc1C(=O)N1CCOCC1)c1n[nH]c2ccc([N+](=O)[O-])cc12. The van der Waals surface area contributed by atoms with Crippen molar-refractivity contribution in [3.63, 3.8) is 0 Å². The van der Waals surface area contributed by atoms with E-state index in [4.69, 9.17) is 4.74 Å². The maximum atomic E-state index is 12.8. The van der Waals surface area contributed by atoms with Crippen LogP contribution in [0.25, 0.3) is 10.9 Å². The summed E-state index contributed by atoms with van der Waals surface area (Å²) in [6.45, 7) is 1.90. The second-order valence-electron chi connectivity index (χ2n) is 6.46. The van der Waals surface area contributed by atoms with Crippen molar-refractivity contribution in [3.8, 4) is 0 Å². The van der Waals surface area contributed by atoms with E-state index in [1.807, 2.05) is 0 Å². The number of aromatic nitrogens is 2. The van der Waals surface area contributed by atoms with E-state index in [0.29, 0.717) is 48.5 Å². The molecule has 29 heavy (non-hydrogen) atoms. The summed E-state index contributed by atoms with van der Waals surface area (Å²) in [5, 5.41) is 20.7. The lowest BCUT2D eigenvalue weighted by molar-refractivity contribution is -0.384. The normalized spacial score (nSPS) is 14.0. The number of nitro benzene ring substituents is 1. The molecule has 148 valence electrons. The Hall–Kier alpha value is -3.79. The number of morpholine rings is 1. The van der Waals surface area contributed by atoms with Gasteiger partial charge >= 0.3 is 0 Å². The van der Waals surface area contributed by atoms with E-state index in [1.165, 1.54) is 18.2 Å². The van der Waals surface area contributed by atoms with Gasteiger partial charge in [0.2, 0.25) is 0 Å². The van der Waals surface area contributed by atoms with Crippen molar-refractivity contribution >= 4 is 34.1 Å². The zero-order valence-corrected chi connectivity index (χ0v) is 15.3. The van der Waals surface area contributed by atoms with Gasteiger partial charge in [-0.1, -0.05) is 12.1 Å². The first-order valence-electron chi connectivity index (χ1n) is 8.94. The number of nitrogens with one attached hydrogen (secondary N) is 2. The number of para-hydroxylation sites is 1. The number of aromatic amines is 1. The van der Waals surface area contributed by atoms with Gasteiger partial charge in [0.25, 0.3) is 17.5 Å². The third kappa shape index (κ3) is 3.65. The van der Waals surface area contributed by atoms with Crippen molar-refractivity contribution in [2.75, 3.05) is 31.6 Å². The number of non-ortho nitro benzene ring substituents is 1. The van der Waals surface area contributed by atoms with Crippen LogP contribution >= 0.6 is 0 Å². The second kappa shape index (κ2) is 7.68. The number of fused-ring (bicyclic) bond motifs is 1. The van der Waals surface area contributed by atoms with Crippen molar-refractivity contribution in [1.82, 2.24) is 15.1 Å². The van der Waals surface area contributed by atoms with Crippen molar-refractivity contribution in [2.45, 2.75) is 0 Å². The lowest BCUT2D eigenvalue weighted by atomic mass is 10.1. The number of ether oxygens (including phenoxy) is 1. The van der Waals surface area contributed by atoms with Crippen LogP contribution in [0.3, 0.4) is 0 Å². The molecular weight excluding hydrogens is 378 g/mol. The van der Waals surface area contributed by atoms with Gasteiger partial charge in [0, 0.05) is 30.6 Å². The highest BCUT2D eigenvalue weighted by molar-refractivity contribution is 6.13. The van der Waals surface area contributed by atoms with Crippen LogP contribution < -0.4 is 5.32 Å². The number of H-pyrrole nitrogens is 1. The number of carbonyl (C=O) groups excluding carboxylic acids is 2.